The summed E-state index contributed by atoms with van der Waals surface area (Å²) in [5.41, 5.74) is 5.67. The molecule has 0 saturated heterocycles. The molecule has 0 aliphatic carbocycles. The molecular weight excluding hydrogens is 260 g/mol. The maximum absolute atomic E-state index is 6.14. The number of para-hydroxylation sites is 1. The number of nitrogens with zero attached hydrogens (tertiary/aromatic N) is 2. The number of rotatable bonds is 0. The number of furan rings is 1. The van der Waals surface area contributed by atoms with E-state index in [1.165, 1.54) is 16.9 Å². The Morgan fingerprint density at radius 2 is 1.95 bits per heavy atom. The molecule has 1 aliphatic heterocycles. The summed E-state index contributed by atoms with van der Waals surface area (Å²) < 4.78 is 8.42. The zero-order chi connectivity index (χ0) is 14.2. The van der Waals surface area contributed by atoms with Gasteiger partial charge in [0.15, 0.2) is 5.58 Å². The van der Waals surface area contributed by atoms with E-state index >= 15 is 0 Å². The second kappa shape index (κ2) is 3.37. The van der Waals surface area contributed by atoms with E-state index in [-0.39, 0.29) is 5.41 Å². The van der Waals surface area contributed by atoms with Gasteiger partial charge in [0, 0.05) is 40.5 Å². The van der Waals surface area contributed by atoms with E-state index in [4.69, 9.17) is 4.42 Å². The highest BCUT2D eigenvalue weighted by molar-refractivity contribution is 6.06. The second-order valence-electron chi connectivity index (χ2n) is 6.21. The minimum atomic E-state index is -0.0559. The van der Waals surface area contributed by atoms with Gasteiger partial charge in [-0.05, 0) is 31.5 Å². The maximum atomic E-state index is 6.14. The highest BCUT2D eigenvalue weighted by Crippen LogP contribution is 2.48. The first kappa shape index (κ1) is 11.1. The summed E-state index contributed by atoms with van der Waals surface area (Å²) in [4.78, 5) is 4.23. The van der Waals surface area contributed by atoms with Crippen LogP contribution in [0.25, 0.3) is 27.6 Å². The molecule has 4 aromatic rings. The fourth-order valence-electron chi connectivity index (χ4n) is 3.68. The van der Waals surface area contributed by atoms with Gasteiger partial charge in [-0.15, -0.1) is 0 Å². The number of fused-ring (bicyclic) bond motifs is 7. The van der Waals surface area contributed by atoms with E-state index in [0.717, 1.165) is 21.9 Å². The van der Waals surface area contributed by atoms with Crippen molar-refractivity contribution >= 4 is 21.9 Å². The van der Waals surface area contributed by atoms with Crippen LogP contribution in [0.5, 0.6) is 0 Å². The molecule has 21 heavy (non-hydrogen) atoms. The number of aromatic nitrogens is 2. The fraction of sp³-hybridized carbons (Fsp3) is 0.167. The molecule has 0 amide bonds. The van der Waals surface area contributed by atoms with Crippen LogP contribution in [0.3, 0.4) is 0 Å². The van der Waals surface area contributed by atoms with E-state index in [2.05, 4.69) is 53.9 Å². The molecule has 0 spiro atoms. The van der Waals surface area contributed by atoms with Crippen LogP contribution in [0.2, 0.25) is 0 Å². The Kier molecular flexibility index (Phi) is 1.79. The third kappa shape index (κ3) is 1.18. The topological polar surface area (TPSA) is 31.0 Å². The van der Waals surface area contributed by atoms with E-state index in [1.54, 1.807) is 6.20 Å². The molecular formula is C18H14N2O. The van der Waals surface area contributed by atoms with Crippen LogP contribution >= 0.6 is 0 Å². The highest BCUT2D eigenvalue weighted by Gasteiger charge is 2.39. The van der Waals surface area contributed by atoms with Crippen LogP contribution in [-0.2, 0) is 5.41 Å². The lowest BCUT2D eigenvalue weighted by atomic mass is 9.83. The van der Waals surface area contributed by atoms with E-state index in [9.17, 15) is 0 Å². The number of pyridine rings is 1. The van der Waals surface area contributed by atoms with Crippen molar-refractivity contribution in [2.75, 3.05) is 0 Å². The lowest BCUT2D eigenvalue weighted by molar-refractivity contribution is 0.607. The highest BCUT2D eigenvalue weighted by atomic mass is 16.3. The molecule has 0 saturated carbocycles. The smallest absolute Gasteiger partial charge is 0.157 e. The van der Waals surface area contributed by atoms with Crippen molar-refractivity contribution in [3.8, 4) is 5.69 Å². The molecule has 3 nitrogen and oxygen atoms in total. The van der Waals surface area contributed by atoms with Crippen LogP contribution in [0.4, 0.5) is 0 Å². The average molecular weight is 274 g/mol. The number of benzene rings is 1. The first-order valence-electron chi connectivity index (χ1n) is 7.16. The molecule has 102 valence electrons. The van der Waals surface area contributed by atoms with E-state index in [1.807, 2.05) is 12.3 Å². The Labute approximate surface area is 121 Å². The van der Waals surface area contributed by atoms with Gasteiger partial charge in [0.25, 0.3) is 0 Å². The Hall–Kier alpha value is -2.55. The Balaban J connectivity index is 1.99. The molecule has 0 bridgehead atoms. The summed E-state index contributed by atoms with van der Waals surface area (Å²) in [6.45, 7) is 4.52. The predicted octanol–water partition coefficient (Wildman–Crippen LogP) is 4.41. The van der Waals surface area contributed by atoms with Gasteiger partial charge in [0.2, 0.25) is 0 Å². The molecule has 5 rings (SSSR count). The number of hydrogen-bond acceptors (Lipinski definition) is 2. The van der Waals surface area contributed by atoms with Crippen molar-refractivity contribution in [2.24, 2.45) is 0 Å². The maximum Gasteiger partial charge on any atom is 0.157 e. The minimum Gasteiger partial charge on any atom is -0.454 e. The zero-order valence-electron chi connectivity index (χ0n) is 11.9. The molecule has 0 atom stereocenters. The summed E-state index contributed by atoms with van der Waals surface area (Å²) in [6.07, 6.45) is 5.85. The van der Waals surface area contributed by atoms with Gasteiger partial charge in [0.1, 0.15) is 5.58 Å². The Morgan fingerprint density at radius 1 is 1.10 bits per heavy atom. The van der Waals surface area contributed by atoms with Crippen LogP contribution in [-0.4, -0.2) is 9.55 Å². The lowest BCUT2D eigenvalue weighted by Gasteiger charge is -2.18. The molecule has 3 heteroatoms. The van der Waals surface area contributed by atoms with Gasteiger partial charge in [0.05, 0.1) is 5.69 Å². The van der Waals surface area contributed by atoms with Crippen molar-refractivity contribution in [3.63, 3.8) is 0 Å². The first-order valence-corrected chi connectivity index (χ1v) is 7.16. The zero-order valence-corrected chi connectivity index (χ0v) is 11.9. The summed E-state index contributed by atoms with van der Waals surface area (Å²) in [5, 5.41) is 2.23. The summed E-state index contributed by atoms with van der Waals surface area (Å²) in [5.74, 6) is 0. The van der Waals surface area contributed by atoms with Crippen molar-refractivity contribution in [2.45, 2.75) is 19.3 Å². The standard InChI is InChI=1S/C18H14N2O/c1-18(2)13-5-3-4-6-14(13)20-10-12-11-9-19-8-7-15(11)21-16(12)17(18)20/h3-10H,1-2H3. The number of hydrogen-bond donors (Lipinski definition) is 0. The van der Waals surface area contributed by atoms with Gasteiger partial charge >= 0.3 is 0 Å². The molecule has 0 N–H and O–H groups in total. The third-order valence-corrected chi connectivity index (χ3v) is 4.67. The SMILES string of the molecule is CC1(C)c2ccccc2-n2cc3c(oc4ccncc43)c21. The molecule has 4 heterocycles. The molecule has 0 radical (unpaired) electrons. The van der Waals surface area contributed by atoms with Crippen LogP contribution in [0, 0.1) is 0 Å². The summed E-state index contributed by atoms with van der Waals surface area (Å²) >= 11 is 0. The first-order chi connectivity index (χ1) is 10.2. The molecule has 0 fully saturated rings. The quantitative estimate of drug-likeness (QED) is 0.475. The van der Waals surface area contributed by atoms with Gasteiger partial charge in [-0.25, -0.2) is 0 Å². The predicted molar refractivity (Wildman–Crippen MR) is 83.0 cm³/mol. The second-order valence-corrected chi connectivity index (χ2v) is 6.21. The van der Waals surface area contributed by atoms with E-state index in [0.29, 0.717) is 0 Å². The Bertz CT molecular complexity index is 1020. The average Bonchev–Trinajstić information content (AvgIpc) is 3.08. The van der Waals surface area contributed by atoms with Crippen molar-refractivity contribution in [1.82, 2.24) is 9.55 Å². The van der Waals surface area contributed by atoms with Crippen molar-refractivity contribution in [1.29, 1.82) is 0 Å². The normalized spacial score (nSPS) is 15.5. The molecule has 0 unspecified atom stereocenters. The van der Waals surface area contributed by atoms with Crippen molar-refractivity contribution < 1.29 is 4.42 Å². The summed E-state index contributed by atoms with van der Waals surface area (Å²) in [7, 11) is 0. The largest absolute Gasteiger partial charge is 0.454 e. The van der Waals surface area contributed by atoms with Crippen LogP contribution in [0.15, 0.2) is 53.3 Å². The molecule has 1 aromatic carbocycles. The monoisotopic (exact) mass is 274 g/mol. The lowest BCUT2D eigenvalue weighted by Crippen LogP contribution is -2.15. The van der Waals surface area contributed by atoms with Gasteiger partial charge in [-0.3, -0.25) is 4.98 Å². The van der Waals surface area contributed by atoms with Gasteiger partial charge < -0.3 is 8.98 Å². The van der Waals surface area contributed by atoms with Crippen LogP contribution < -0.4 is 0 Å². The minimum absolute atomic E-state index is 0.0559. The third-order valence-electron chi connectivity index (χ3n) is 4.67. The molecule has 1 aliphatic rings. The van der Waals surface area contributed by atoms with Gasteiger partial charge in [-0.1, -0.05) is 18.2 Å². The Morgan fingerprint density at radius 3 is 2.86 bits per heavy atom. The van der Waals surface area contributed by atoms with E-state index < -0.39 is 0 Å². The molecule has 3 aromatic heterocycles. The van der Waals surface area contributed by atoms with Crippen LogP contribution in [0.1, 0.15) is 25.1 Å². The fourth-order valence-corrected chi connectivity index (χ4v) is 3.68. The van der Waals surface area contributed by atoms with Gasteiger partial charge in [-0.2, -0.15) is 0 Å². The van der Waals surface area contributed by atoms with Crippen molar-refractivity contribution in [3.05, 3.63) is 60.2 Å². The summed E-state index contributed by atoms with van der Waals surface area (Å²) in [6, 6.07) is 10.5.